The van der Waals surface area contributed by atoms with Gasteiger partial charge in [-0.2, -0.15) is 5.10 Å². The highest BCUT2D eigenvalue weighted by Gasteiger charge is 2.20. The molecule has 7 heteroatoms. The maximum atomic E-state index is 12.3. The molecule has 1 aromatic rings. The van der Waals surface area contributed by atoms with E-state index in [4.69, 9.17) is 10.9 Å². The second-order valence-electron chi connectivity index (χ2n) is 4.09. The fraction of sp³-hybridized carbons (Fsp3) is 0.545. The predicted molar refractivity (Wildman–Crippen MR) is 67.5 cm³/mol. The van der Waals surface area contributed by atoms with Gasteiger partial charge < -0.3 is 15.8 Å². The zero-order valence-electron chi connectivity index (χ0n) is 10.9. The minimum atomic E-state index is -0.158. The summed E-state index contributed by atoms with van der Waals surface area (Å²) in [5, 5.41) is 15.5. The number of rotatable bonds is 5. The van der Waals surface area contributed by atoms with Crippen LogP contribution in [-0.4, -0.2) is 44.7 Å². The molecule has 0 saturated carbocycles. The molecule has 0 aliphatic carbocycles. The van der Waals surface area contributed by atoms with Crippen molar-refractivity contribution in [3.05, 3.63) is 17.5 Å². The number of hydrogen-bond donors (Lipinski definition) is 2. The van der Waals surface area contributed by atoms with E-state index in [1.165, 1.54) is 6.20 Å². The normalized spacial score (nSPS) is 11.6. The van der Waals surface area contributed by atoms with E-state index in [2.05, 4.69) is 10.3 Å². The third-order valence-electron chi connectivity index (χ3n) is 2.73. The first-order valence-corrected chi connectivity index (χ1v) is 5.75. The van der Waals surface area contributed by atoms with Gasteiger partial charge in [-0.05, 0) is 13.3 Å². The largest absolute Gasteiger partial charge is 0.409 e. The second-order valence-corrected chi connectivity index (χ2v) is 4.09. The Labute approximate surface area is 106 Å². The first-order chi connectivity index (χ1) is 8.51. The molecule has 0 unspecified atom stereocenters. The maximum absolute atomic E-state index is 12.3. The molecular weight excluding hydrogens is 234 g/mol. The van der Waals surface area contributed by atoms with E-state index in [0.29, 0.717) is 12.1 Å². The van der Waals surface area contributed by atoms with Crippen LogP contribution < -0.4 is 5.73 Å². The summed E-state index contributed by atoms with van der Waals surface area (Å²) >= 11 is 0. The molecule has 0 aliphatic rings. The van der Waals surface area contributed by atoms with Crippen LogP contribution in [0.15, 0.2) is 11.4 Å². The molecule has 1 rings (SSSR count). The van der Waals surface area contributed by atoms with Crippen LogP contribution >= 0.6 is 0 Å². The van der Waals surface area contributed by atoms with Crippen molar-refractivity contribution in [2.45, 2.75) is 20.3 Å². The molecule has 0 saturated heterocycles. The molecule has 3 N–H and O–H groups in total. The third-order valence-corrected chi connectivity index (χ3v) is 2.73. The van der Waals surface area contributed by atoms with Crippen molar-refractivity contribution in [1.82, 2.24) is 14.7 Å². The number of oxime groups is 1. The predicted octanol–water partition coefficient (Wildman–Crippen LogP) is 0.327. The molecule has 0 aliphatic heterocycles. The first-order valence-electron chi connectivity index (χ1n) is 5.75. The van der Waals surface area contributed by atoms with Crippen LogP contribution in [0, 0.1) is 6.92 Å². The van der Waals surface area contributed by atoms with Gasteiger partial charge in [-0.15, -0.1) is 0 Å². The highest BCUT2D eigenvalue weighted by atomic mass is 16.4. The summed E-state index contributed by atoms with van der Waals surface area (Å²) in [6, 6.07) is 0. The Morgan fingerprint density at radius 1 is 1.67 bits per heavy atom. The van der Waals surface area contributed by atoms with E-state index in [9.17, 15) is 4.79 Å². The Balaban J connectivity index is 2.92. The van der Waals surface area contributed by atoms with Crippen molar-refractivity contribution in [3.63, 3.8) is 0 Å². The summed E-state index contributed by atoms with van der Waals surface area (Å²) in [7, 11) is 1.78. The van der Waals surface area contributed by atoms with Crippen LogP contribution in [0.25, 0.3) is 0 Å². The van der Waals surface area contributed by atoms with Crippen LogP contribution in [0.3, 0.4) is 0 Å². The van der Waals surface area contributed by atoms with Gasteiger partial charge in [0, 0.05) is 19.3 Å². The number of hydrogen-bond acceptors (Lipinski definition) is 4. The van der Waals surface area contributed by atoms with Crippen LogP contribution in [0.2, 0.25) is 0 Å². The molecule has 0 radical (unpaired) electrons. The Hall–Kier alpha value is -2.05. The van der Waals surface area contributed by atoms with Crippen molar-refractivity contribution < 1.29 is 10.0 Å². The topological polar surface area (TPSA) is 96.7 Å². The van der Waals surface area contributed by atoms with E-state index in [0.717, 1.165) is 12.1 Å². The quantitative estimate of drug-likeness (QED) is 0.342. The summed E-state index contributed by atoms with van der Waals surface area (Å²) in [5.74, 6) is -0.146. The first kappa shape index (κ1) is 14.0. The van der Waals surface area contributed by atoms with Crippen molar-refractivity contribution in [2.24, 2.45) is 17.9 Å². The molecule has 7 nitrogen and oxygen atoms in total. The average Bonchev–Trinajstić information content (AvgIpc) is 2.68. The third kappa shape index (κ3) is 2.99. The smallest absolute Gasteiger partial charge is 0.257 e. The lowest BCUT2D eigenvalue weighted by atomic mass is 10.2. The van der Waals surface area contributed by atoms with Gasteiger partial charge in [-0.3, -0.25) is 9.48 Å². The van der Waals surface area contributed by atoms with Gasteiger partial charge in [0.15, 0.2) is 5.84 Å². The minimum Gasteiger partial charge on any atom is -0.409 e. The zero-order valence-corrected chi connectivity index (χ0v) is 10.9. The van der Waals surface area contributed by atoms with E-state index in [1.807, 2.05) is 13.8 Å². The Bertz CT molecular complexity index is 452. The van der Waals surface area contributed by atoms with E-state index >= 15 is 0 Å². The van der Waals surface area contributed by atoms with E-state index < -0.39 is 0 Å². The molecule has 0 aromatic carbocycles. The number of nitrogens with two attached hydrogens (primary N) is 1. The molecule has 0 bridgehead atoms. The highest BCUT2D eigenvalue weighted by molar-refractivity contribution is 5.97. The van der Waals surface area contributed by atoms with Gasteiger partial charge in [0.05, 0.1) is 18.3 Å². The number of carbonyl (C=O) groups excluding carboxylic acids is 1. The van der Waals surface area contributed by atoms with Gasteiger partial charge in [0.2, 0.25) is 0 Å². The molecule has 0 spiro atoms. The molecule has 1 amide bonds. The molecule has 0 atom stereocenters. The summed E-state index contributed by atoms with van der Waals surface area (Å²) in [5.41, 5.74) is 6.78. The minimum absolute atomic E-state index is 0.0124. The van der Waals surface area contributed by atoms with Crippen LogP contribution in [0.1, 0.15) is 29.4 Å². The molecule has 100 valence electrons. The van der Waals surface area contributed by atoms with E-state index in [-0.39, 0.29) is 18.3 Å². The summed E-state index contributed by atoms with van der Waals surface area (Å²) < 4.78 is 1.64. The number of aryl methyl sites for hydroxylation is 1. The van der Waals surface area contributed by atoms with Gasteiger partial charge in [-0.25, -0.2) is 0 Å². The number of aromatic nitrogens is 2. The molecular formula is C11H19N5O2. The molecule has 0 fully saturated rings. The average molecular weight is 253 g/mol. The van der Waals surface area contributed by atoms with Gasteiger partial charge in [0.1, 0.15) is 0 Å². The van der Waals surface area contributed by atoms with Crippen LogP contribution in [0.5, 0.6) is 0 Å². The summed E-state index contributed by atoms with van der Waals surface area (Å²) in [6.07, 6.45) is 2.33. The summed E-state index contributed by atoms with van der Waals surface area (Å²) in [4.78, 5) is 13.8. The maximum Gasteiger partial charge on any atom is 0.257 e. The van der Waals surface area contributed by atoms with Gasteiger partial charge in [0.25, 0.3) is 5.91 Å². The van der Waals surface area contributed by atoms with Crippen molar-refractivity contribution >= 4 is 11.7 Å². The Kier molecular flexibility index (Phi) is 4.70. The lowest BCUT2D eigenvalue weighted by molar-refractivity contribution is 0.0777. The number of carbonyl (C=O) groups is 1. The number of nitrogens with zero attached hydrogens (tertiary/aromatic N) is 4. The fourth-order valence-electron chi connectivity index (χ4n) is 1.63. The molecule has 18 heavy (non-hydrogen) atoms. The molecule has 1 heterocycles. The van der Waals surface area contributed by atoms with Gasteiger partial charge >= 0.3 is 0 Å². The number of amidine groups is 1. The van der Waals surface area contributed by atoms with Gasteiger partial charge in [-0.1, -0.05) is 12.1 Å². The van der Waals surface area contributed by atoms with E-state index in [1.54, 1.807) is 16.6 Å². The monoisotopic (exact) mass is 253 g/mol. The van der Waals surface area contributed by atoms with Crippen molar-refractivity contribution in [3.8, 4) is 0 Å². The SMILES string of the molecule is CCCN(CC(N)=NO)C(=O)c1cnn(C)c1C. The highest BCUT2D eigenvalue weighted by Crippen LogP contribution is 2.10. The zero-order chi connectivity index (χ0) is 13.7. The second kappa shape index (κ2) is 6.04. The van der Waals surface area contributed by atoms with Crippen LogP contribution in [-0.2, 0) is 7.05 Å². The van der Waals surface area contributed by atoms with Crippen molar-refractivity contribution in [1.29, 1.82) is 0 Å². The Morgan fingerprint density at radius 3 is 2.78 bits per heavy atom. The lowest BCUT2D eigenvalue weighted by Crippen LogP contribution is -2.39. The summed E-state index contributed by atoms with van der Waals surface area (Å²) in [6.45, 7) is 4.44. The Morgan fingerprint density at radius 2 is 2.33 bits per heavy atom. The lowest BCUT2D eigenvalue weighted by Gasteiger charge is -2.21. The number of amides is 1. The molecule has 1 aromatic heterocycles. The standard InChI is InChI=1S/C11H19N5O2/c1-4-5-16(7-10(12)14-18)11(17)9-6-13-15(3)8(9)2/h6,18H,4-5,7H2,1-3H3,(H2,12,14). The van der Waals surface area contributed by atoms with Crippen LogP contribution in [0.4, 0.5) is 0 Å². The fourth-order valence-corrected chi connectivity index (χ4v) is 1.63. The van der Waals surface area contributed by atoms with Crippen molar-refractivity contribution in [2.75, 3.05) is 13.1 Å².